The van der Waals surface area contributed by atoms with Crippen LogP contribution in [0.5, 0.6) is 5.75 Å². The molecule has 2 heterocycles. The minimum Gasteiger partial charge on any atom is -0.497 e. The van der Waals surface area contributed by atoms with Crippen molar-refractivity contribution in [1.29, 1.82) is 0 Å². The second-order valence-electron chi connectivity index (χ2n) is 8.08. The molecular formula is C22H25ClN4O. The molecule has 0 amide bonds. The molecule has 28 heavy (non-hydrogen) atoms. The third-order valence-electron chi connectivity index (χ3n) is 5.97. The molecule has 5 nitrogen and oxygen atoms in total. The molecule has 0 spiro atoms. The maximum absolute atomic E-state index is 6.61. The zero-order valence-electron chi connectivity index (χ0n) is 16.6. The summed E-state index contributed by atoms with van der Waals surface area (Å²) in [7, 11) is 3.85. The van der Waals surface area contributed by atoms with Crippen molar-refractivity contribution in [3.63, 3.8) is 0 Å². The van der Waals surface area contributed by atoms with Crippen LogP contribution in [-0.4, -0.2) is 35.3 Å². The van der Waals surface area contributed by atoms with Gasteiger partial charge in [-0.15, -0.1) is 0 Å². The Morgan fingerprint density at radius 2 is 2.11 bits per heavy atom. The number of aryl methyl sites for hydroxylation is 2. The smallest absolute Gasteiger partial charge is 0.165 e. The largest absolute Gasteiger partial charge is 0.497 e. The Balaban J connectivity index is 1.73. The molecule has 0 atom stereocenters. The molecule has 2 aliphatic rings. The van der Waals surface area contributed by atoms with Gasteiger partial charge in [-0.1, -0.05) is 11.6 Å². The Morgan fingerprint density at radius 3 is 2.82 bits per heavy atom. The summed E-state index contributed by atoms with van der Waals surface area (Å²) in [6, 6.07) is 5.80. The molecule has 1 saturated carbocycles. The predicted octanol–water partition coefficient (Wildman–Crippen LogP) is 4.70. The fourth-order valence-electron chi connectivity index (χ4n) is 4.42. The molecular weight excluding hydrogens is 372 g/mol. The van der Waals surface area contributed by atoms with Crippen LogP contribution in [-0.2, 0) is 12.8 Å². The van der Waals surface area contributed by atoms with Crippen molar-refractivity contribution in [2.24, 2.45) is 5.92 Å². The van der Waals surface area contributed by atoms with Crippen LogP contribution in [0, 0.1) is 12.8 Å². The maximum Gasteiger partial charge on any atom is 0.165 e. The fourth-order valence-corrected chi connectivity index (χ4v) is 4.69. The zero-order valence-corrected chi connectivity index (χ0v) is 17.4. The molecule has 2 aromatic heterocycles. The molecule has 0 saturated heterocycles. The maximum atomic E-state index is 6.61. The molecule has 6 heteroatoms. The number of hydrogen-bond donors (Lipinski definition) is 0. The molecule has 1 aromatic carbocycles. The van der Waals surface area contributed by atoms with Crippen molar-refractivity contribution in [3.8, 4) is 16.9 Å². The average Bonchev–Trinajstić information content (AvgIpc) is 3.26. The van der Waals surface area contributed by atoms with Crippen molar-refractivity contribution in [2.75, 3.05) is 25.6 Å². The van der Waals surface area contributed by atoms with Gasteiger partial charge in [-0.3, -0.25) is 0 Å². The van der Waals surface area contributed by atoms with Crippen molar-refractivity contribution in [1.82, 2.24) is 14.6 Å². The molecule has 0 radical (unpaired) electrons. The molecule has 5 rings (SSSR count). The Labute approximate surface area is 170 Å². The lowest BCUT2D eigenvalue weighted by Gasteiger charge is -2.23. The van der Waals surface area contributed by atoms with E-state index in [4.69, 9.17) is 26.4 Å². The Kier molecular flexibility index (Phi) is 4.23. The Bertz CT molecular complexity index is 1070. The molecule has 146 valence electrons. The van der Waals surface area contributed by atoms with E-state index in [1.54, 1.807) is 7.11 Å². The lowest BCUT2D eigenvalue weighted by atomic mass is 10.1. The van der Waals surface area contributed by atoms with Gasteiger partial charge in [0.05, 0.1) is 23.4 Å². The van der Waals surface area contributed by atoms with Gasteiger partial charge in [0.2, 0.25) is 0 Å². The average molecular weight is 397 g/mol. The van der Waals surface area contributed by atoms with E-state index in [0.717, 1.165) is 59.9 Å². The number of halogens is 1. The van der Waals surface area contributed by atoms with Crippen molar-refractivity contribution >= 4 is 23.1 Å². The van der Waals surface area contributed by atoms with E-state index in [2.05, 4.69) is 16.5 Å². The van der Waals surface area contributed by atoms with Gasteiger partial charge in [-0.05, 0) is 63.1 Å². The first-order valence-corrected chi connectivity index (χ1v) is 10.4. The topological polar surface area (TPSA) is 42.7 Å². The lowest BCUT2D eigenvalue weighted by Crippen LogP contribution is -2.25. The second-order valence-corrected chi connectivity index (χ2v) is 8.49. The highest BCUT2D eigenvalue weighted by atomic mass is 35.5. The van der Waals surface area contributed by atoms with Gasteiger partial charge >= 0.3 is 0 Å². The van der Waals surface area contributed by atoms with Crippen LogP contribution in [0.2, 0.25) is 5.02 Å². The van der Waals surface area contributed by atoms with E-state index in [9.17, 15) is 0 Å². The number of benzene rings is 1. The summed E-state index contributed by atoms with van der Waals surface area (Å²) in [5, 5.41) is 5.58. The second kappa shape index (κ2) is 6.66. The number of rotatable bonds is 5. The first-order valence-electron chi connectivity index (χ1n) is 10.0. The number of methoxy groups -OCH3 is 1. The van der Waals surface area contributed by atoms with Crippen LogP contribution >= 0.6 is 11.6 Å². The first-order chi connectivity index (χ1) is 13.6. The van der Waals surface area contributed by atoms with Gasteiger partial charge in [0.25, 0.3) is 0 Å². The predicted molar refractivity (Wildman–Crippen MR) is 113 cm³/mol. The minimum absolute atomic E-state index is 0.660. The number of aromatic nitrogens is 3. The van der Waals surface area contributed by atoms with Crippen LogP contribution in [0.4, 0.5) is 5.82 Å². The third-order valence-corrected chi connectivity index (χ3v) is 6.28. The van der Waals surface area contributed by atoms with Crippen molar-refractivity contribution in [2.45, 2.75) is 39.0 Å². The Morgan fingerprint density at radius 1 is 1.29 bits per heavy atom. The van der Waals surface area contributed by atoms with E-state index in [1.807, 2.05) is 25.1 Å². The summed E-state index contributed by atoms with van der Waals surface area (Å²) in [4.78, 5) is 7.45. The van der Waals surface area contributed by atoms with Crippen molar-refractivity contribution in [3.05, 3.63) is 40.2 Å². The number of nitrogens with zero attached hydrogens (tertiary/aromatic N) is 4. The molecule has 0 N–H and O–H groups in total. The Hall–Kier alpha value is -2.27. The van der Waals surface area contributed by atoms with E-state index in [0.29, 0.717) is 5.02 Å². The number of anilines is 1. The highest BCUT2D eigenvalue weighted by Gasteiger charge is 2.29. The van der Waals surface area contributed by atoms with E-state index < -0.39 is 0 Å². The fraction of sp³-hybridized carbons (Fsp3) is 0.455. The minimum atomic E-state index is 0.660. The summed E-state index contributed by atoms with van der Waals surface area (Å²) in [6.07, 6.45) is 5.96. The van der Waals surface area contributed by atoms with Gasteiger partial charge < -0.3 is 9.64 Å². The summed E-state index contributed by atoms with van der Waals surface area (Å²) < 4.78 is 7.36. The van der Waals surface area contributed by atoms with Gasteiger partial charge in [0, 0.05) is 30.4 Å². The van der Waals surface area contributed by atoms with Crippen LogP contribution in [0.25, 0.3) is 16.8 Å². The SMILES string of the molecule is COc1ccc(-c2c(C)nn3c(N(C)CC4CC4)c4c(nc23)CCC4)c(Cl)c1. The summed E-state index contributed by atoms with van der Waals surface area (Å²) in [5.74, 6) is 2.78. The standard InChI is InChI=1S/C22H25ClN4O/c1-13-20(16-10-9-15(28-3)11-18(16)23)21-24-19-6-4-5-17(19)22(27(21)25-13)26(2)12-14-7-8-14/h9-11,14H,4-8,12H2,1-3H3. The zero-order chi connectivity index (χ0) is 19.4. The molecule has 2 aliphatic carbocycles. The van der Waals surface area contributed by atoms with Crippen LogP contribution in [0.1, 0.15) is 36.2 Å². The summed E-state index contributed by atoms with van der Waals surface area (Å²) in [6.45, 7) is 3.13. The summed E-state index contributed by atoms with van der Waals surface area (Å²) >= 11 is 6.61. The molecule has 0 bridgehead atoms. The summed E-state index contributed by atoms with van der Waals surface area (Å²) in [5.41, 5.74) is 6.41. The highest BCUT2D eigenvalue weighted by Crippen LogP contribution is 2.40. The number of hydrogen-bond acceptors (Lipinski definition) is 4. The molecule has 1 fully saturated rings. The highest BCUT2D eigenvalue weighted by molar-refractivity contribution is 6.33. The molecule has 0 aliphatic heterocycles. The van der Waals surface area contributed by atoms with Crippen LogP contribution < -0.4 is 9.64 Å². The number of fused-ring (bicyclic) bond motifs is 2. The monoisotopic (exact) mass is 396 g/mol. The quantitative estimate of drug-likeness (QED) is 0.626. The van der Waals surface area contributed by atoms with E-state index in [1.165, 1.54) is 29.9 Å². The van der Waals surface area contributed by atoms with Crippen LogP contribution in [0.3, 0.4) is 0 Å². The first kappa shape index (κ1) is 17.8. The lowest BCUT2D eigenvalue weighted by molar-refractivity contribution is 0.415. The van der Waals surface area contributed by atoms with Gasteiger partial charge in [0.15, 0.2) is 5.65 Å². The molecule has 0 unspecified atom stereocenters. The van der Waals surface area contributed by atoms with Gasteiger partial charge in [-0.25, -0.2) is 4.98 Å². The van der Waals surface area contributed by atoms with E-state index >= 15 is 0 Å². The van der Waals surface area contributed by atoms with Gasteiger partial charge in [-0.2, -0.15) is 9.61 Å². The molecule has 3 aromatic rings. The van der Waals surface area contributed by atoms with Crippen LogP contribution in [0.15, 0.2) is 18.2 Å². The number of ether oxygens (including phenoxy) is 1. The van der Waals surface area contributed by atoms with Gasteiger partial charge in [0.1, 0.15) is 11.6 Å². The third kappa shape index (κ3) is 2.84. The normalized spacial score (nSPS) is 15.9. The van der Waals surface area contributed by atoms with Crippen molar-refractivity contribution < 1.29 is 4.74 Å². The van der Waals surface area contributed by atoms with E-state index in [-0.39, 0.29) is 0 Å².